The molecule has 0 bridgehead atoms. The van der Waals surface area contributed by atoms with Crippen molar-refractivity contribution >= 4 is 56.7 Å². The third-order valence-electron chi connectivity index (χ3n) is 8.24. The van der Waals surface area contributed by atoms with Crippen LogP contribution in [0.3, 0.4) is 0 Å². The van der Waals surface area contributed by atoms with Gasteiger partial charge in [-0.25, -0.2) is 0 Å². The summed E-state index contributed by atoms with van der Waals surface area (Å²) < 4.78 is 0. The molecular weight excluding hydrogens is 617 g/mol. The molecule has 0 saturated heterocycles. The second-order valence-corrected chi connectivity index (χ2v) is 17.7. The van der Waals surface area contributed by atoms with Gasteiger partial charge in [-0.1, -0.05) is 78.1 Å². The molecule has 5 aromatic heterocycles. The molecule has 0 N–H and O–H groups in total. The zero-order valence-corrected chi connectivity index (χ0v) is 30.6. The fourth-order valence-corrected chi connectivity index (χ4v) is 11.4. The summed E-state index contributed by atoms with van der Waals surface area (Å²) in [6.45, 7) is 9.06. The molecule has 5 rings (SSSR count). The van der Waals surface area contributed by atoms with E-state index in [1.807, 2.05) is 56.7 Å². The van der Waals surface area contributed by atoms with Crippen LogP contribution in [0, 0.1) is 13.8 Å². The van der Waals surface area contributed by atoms with E-state index in [0.717, 1.165) is 0 Å². The van der Waals surface area contributed by atoms with Crippen LogP contribution in [0.4, 0.5) is 0 Å². The summed E-state index contributed by atoms with van der Waals surface area (Å²) in [6.07, 6.45) is 18.6. The molecule has 0 aliphatic heterocycles. The monoisotopic (exact) mass is 664 g/mol. The fraction of sp³-hybridized carbons (Fsp3) is 0.474. The van der Waals surface area contributed by atoms with Crippen LogP contribution in [-0.4, -0.2) is 0 Å². The van der Waals surface area contributed by atoms with Gasteiger partial charge in [0.2, 0.25) is 0 Å². The van der Waals surface area contributed by atoms with Crippen molar-refractivity contribution in [2.45, 2.75) is 118 Å². The van der Waals surface area contributed by atoms with Gasteiger partial charge in [0.15, 0.2) is 0 Å². The van der Waals surface area contributed by atoms with Gasteiger partial charge in [0.1, 0.15) is 0 Å². The van der Waals surface area contributed by atoms with Crippen LogP contribution < -0.4 is 0 Å². The minimum absolute atomic E-state index is 1.20. The van der Waals surface area contributed by atoms with Crippen molar-refractivity contribution in [2.75, 3.05) is 0 Å². The van der Waals surface area contributed by atoms with Crippen LogP contribution >= 0.6 is 56.7 Å². The Hall–Kier alpha value is -1.50. The number of unbranched alkanes of at least 4 members (excludes halogenated alkanes) is 10. The molecule has 0 spiro atoms. The Morgan fingerprint density at radius 3 is 1.19 bits per heavy atom. The van der Waals surface area contributed by atoms with E-state index in [0.29, 0.717) is 0 Å². The van der Waals surface area contributed by atoms with E-state index in [4.69, 9.17) is 0 Å². The highest BCUT2D eigenvalue weighted by atomic mass is 32.1. The second-order valence-electron chi connectivity index (χ2n) is 12.0. The molecule has 0 aliphatic carbocycles. The molecule has 5 heterocycles. The van der Waals surface area contributed by atoms with E-state index in [1.54, 1.807) is 11.1 Å². The van der Waals surface area contributed by atoms with Gasteiger partial charge < -0.3 is 0 Å². The van der Waals surface area contributed by atoms with E-state index < -0.39 is 0 Å². The zero-order chi connectivity index (χ0) is 30.0. The van der Waals surface area contributed by atoms with Gasteiger partial charge in [0.25, 0.3) is 0 Å². The first-order chi connectivity index (χ1) is 21.1. The number of thiophene rings is 5. The molecule has 0 radical (unpaired) electrons. The van der Waals surface area contributed by atoms with Crippen molar-refractivity contribution in [1.29, 1.82) is 0 Å². The SMILES string of the molecule is CCCCCCCCc1cc(-c2ccc(-c3cc(CCCCCCCC)c(-c4ccc(C)s4)s3)s2)sc1-c1ccc(C)s1. The lowest BCUT2D eigenvalue weighted by molar-refractivity contribution is 0.608. The molecule has 0 fully saturated rings. The lowest BCUT2D eigenvalue weighted by atomic mass is 10.0. The number of rotatable bonds is 18. The molecule has 5 heteroatoms. The Morgan fingerprint density at radius 2 is 0.791 bits per heavy atom. The standard InChI is InChI=1S/C38H48S5/c1-5-7-9-11-13-15-17-29-25-35(42-37(29)33-21-19-27(3)39-33)31-23-24-32(41-31)36-26-30(18-16-14-12-10-8-6-2)38(43-36)34-22-20-28(4)40-34/h19-26H,5-18H2,1-4H3. The van der Waals surface area contributed by atoms with Gasteiger partial charge in [0.05, 0.1) is 0 Å². The first-order valence-corrected chi connectivity index (χ1v) is 20.6. The van der Waals surface area contributed by atoms with E-state index >= 15 is 0 Å². The average molecular weight is 665 g/mol. The van der Waals surface area contributed by atoms with Crippen LogP contribution in [0.2, 0.25) is 0 Å². The van der Waals surface area contributed by atoms with Crippen LogP contribution in [-0.2, 0) is 12.8 Å². The maximum absolute atomic E-state index is 2.52. The van der Waals surface area contributed by atoms with Crippen molar-refractivity contribution in [1.82, 2.24) is 0 Å². The molecule has 230 valence electrons. The summed E-state index contributed by atoms with van der Waals surface area (Å²) in [5.74, 6) is 0. The largest absolute Gasteiger partial charge is 0.140 e. The molecule has 0 atom stereocenters. The molecule has 0 saturated carbocycles. The van der Waals surface area contributed by atoms with Crippen LogP contribution in [0.5, 0.6) is 0 Å². The van der Waals surface area contributed by atoms with Gasteiger partial charge in [-0.3, -0.25) is 0 Å². The number of hydrogen-bond acceptors (Lipinski definition) is 5. The Kier molecular flexibility index (Phi) is 12.8. The van der Waals surface area contributed by atoms with Gasteiger partial charge in [-0.05, 0) is 99.2 Å². The third-order valence-corrected chi connectivity index (χ3v) is 14.4. The lowest BCUT2D eigenvalue weighted by Crippen LogP contribution is -1.86. The van der Waals surface area contributed by atoms with Gasteiger partial charge in [0, 0.05) is 48.8 Å². The van der Waals surface area contributed by atoms with Crippen LogP contribution in [0.15, 0.2) is 48.5 Å². The van der Waals surface area contributed by atoms with Crippen molar-refractivity contribution in [2.24, 2.45) is 0 Å². The van der Waals surface area contributed by atoms with Crippen molar-refractivity contribution in [3.05, 3.63) is 69.4 Å². The summed E-state index contributed by atoms with van der Waals surface area (Å²) in [7, 11) is 0. The highest BCUT2D eigenvalue weighted by Crippen LogP contribution is 2.47. The van der Waals surface area contributed by atoms with Gasteiger partial charge in [-0.2, -0.15) is 0 Å². The maximum Gasteiger partial charge on any atom is 0.0481 e. The molecule has 0 aliphatic rings. The minimum Gasteiger partial charge on any atom is -0.140 e. The van der Waals surface area contributed by atoms with E-state index in [-0.39, 0.29) is 0 Å². The minimum atomic E-state index is 1.20. The predicted octanol–water partition coefficient (Wildman–Crippen LogP) is 15.1. The normalized spacial score (nSPS) is 11.6. The predicted molar refractivity (Wildman–Crippen MR) is 201 cm³/mol. The van der Waals surface area contributed by atoms with Gasteiger partial charge in [-0.15, -0.1) is 56.7 Å². The molecule has 0 amide bonds. The molecule has 0 nitrogen and oxygen atoms in total. The average Bonchev–Trinajstić information content (AvgIpc) is 3.83. The van der Waals surface area contributed by atoms with Crippen molar-refractivity contribution in [3.63, 3.8) is 0 Å². The van der Waals surface area contributed by atoms with Crippen LogP contribution in [0.1, 0.15) is 112 Å². The zero-order valence-electron chi connectivity index (χ0n) is 26.6. The summed E-state index contributed by atoms with van der Waals surface area (Å²) in [6, 6.07) is 19.0. The third kappa shape index (κ3) is 9.04. The summed E-state index contributed by atoms with van der Waals surface area (Å²) in [5, 5.41) is 0. The number of hydrogen-bond donors (Lipinski definition) is 0. The molecule has 5 aromatic rings. The Labute approximate surface area is 280 Å². The Balaban J connectivity index is 1.35. The quantitative estimate of drug-likeness (QED) is 0.0818. The first-order valence-electron chi connectivity index (χ1n) is 16.5. The maximum atomic E-state index is 2.52. The van der Waals surface area contributed by atoms with E-state index in [1.165, 1.54) is 139 Å². The van der Waals surface area contributed by atoms with Gasteiger partial charge >= 0.3 is 0 Å². The Bertz CT molecular complexity index is 1420. The van der Waals surface area contributed by atoms with Crippen LogP contribution in [0.25, 0.3) is 39.0 Å². The summed E-state index contributed by atoms with van der Waals surface area (Å²) >= 11 is 9.91. The van der Waals surface area contributed by atoms with Crippen molar-refractivity contribution in [3.8, 4) is 39.0 Å². The van der Waals surface area contributed by atoms with E-state index in [9.17, 15) is 0 Å². The highest BCUT2D eigenvalue weighted by molar-refractivity contribution is 7.29. The number of aryl methyl sites for hydroxylation is 4. The smallest absolute Gasteiger partial charge is 0.0481 e. The molecule has 43 heavy (non-hydrogen) atoms. The molecular formula is C38H48S5. The summed E-state index contributed by atoms with van der Waals surface area (Å²) in [4.78, 5) is 14.4. The molecule has 0 aromatic carbocycles. The highest BCUT2D eigenvalue weighted by Gasteiger charge is 2.18. The summed E-state index contributed by atoms with van der Waals surface area (Å²) in [5.41, 5.74) is 3.11. The van der Waals surface area contributed by atoms with E-state index in [2.05, 4.69) is 76.2 Å². The topological polar surface area (TPSA) is 0 Å². The Morgan fingerprint density at radius 1 is 0.395 bits per heavy atom. The molecule has 0 unspecified atom stereocenters. The lowest BCUT2D eigenvalue weighted by Gasteiger charge is -2.02. The van der Waals surface area contributed by atoms with Crippen molar-refractivity contribution < 1.29 is 0 Å². The second kappa shape index (κ2) is 16.7. The fourth-order valence-electron chi connectivity index (χ4n) is 5.80. The first kappa shape index (κ1) is 32.9.